The van der Waals surface area contributed by atoms with Gasteiger partial charge in [0.15, 0.2) is 0 Å². The molecule has 20 heavy (non-hydrogen) atoms. The summed E-state index contributed by atoms with van der Waals surface area (Å²) in [6, 6.07) is 6.37. The molecule has 4 nitrogen and oxygen atoms in total. The average molecular weight is 275 g/mol. The van der Waals surface area contributed by atoms with Gasteiger partial charge in [-0.25, -0.2) is 4.79 Å². The molecule has 1 saturated carbocycles. The monoisotopic (exact) mass is 275 g/mol. The Hall–Kier alpha value is -1.84. The fourth-order valence-corrected chi connectivity index (χ4v) is 2.77. The van der Waals surface area contributed by atoms with E-state index in [4.69, 9.17) is 5.11 Å². The summed E-state index contributed by atoms with van der Waals surface area (Å²) in [7, 11) is 0. The van der Waals surface area contributed by atoms with Gasteiger partial charge in [-0.15, -0.1) is 0 Å². The first kappa shape index (κ1) is 14.6. The Kier molecular flexibility index (Phi) is 5.16. The molecule has 108 valence electrons. The topological polar surface area (TPSA) is 66.4 Å². The van der Waals surface area contributed by atoms with Crippen LogP contribution < -0.4 is 5.32 Å². The summed E-state index contributed by atoms with van der Waals surface area (Å²) >= 11 is 0. The van der Waals surface area contributed by atoms with Crippen molar-refractivity contribution < 1.29 is 14.7 Å². The summed E-state index contributed by atoms with van der Waals surface area (Å²) < 4.78 is 0. The predicted molar refractivity (Wildman–Crippen MR) is 77.8 cm³/mol. The highest BCUT2D eigenvalue weighted by molar-refractivity contribution is 5.93. The molecule has 1 fully saturated rings. The molecular formula is C16H21NO3. The highest BCUT2D eigenvalue weighted by Gasteiger charge is 2.16. The van der Waals surface area contributed by atoms with E-state index in [0.717, 1.165) is 12.8 Å². The Morgan fingerprint density at radius 3 is 2.50 bits per heavy atom. The van der Waals surface area contributed by atoms with E-state index >= 15 is 0 Å². The van der Waals surface area contributed by atoms with Crippen molar-refractivity contribution in [3.05, 3.63) is 29.8 Å². The molecule has 1 aliphatic rings. The van der Waals surface area contributed by atoms with E-state index in [9.17, 15) is 9.59 Å². The van der Waals surface area contributed by atoms with E-state index < -0.39 is 5.97 Å². The van der Waals surface area contributed by atoms with Crippen molar-refractivity contribution in [2.24, 2.45) is 5.92 Å². The summed E-state index contributed by atoms with van der Waals surface area (Å²) in [6.07, 6.45) is 7.78. The van der Waals surface area contributed by atoms with Crippen LogP contribution in [-0.4, -0.2) is 17.0 Å². The zero-order valence-electron chi connectivity index (χ0n) is 11.6. The Bertz CT molecular complexity index is 476. The van der Waals surface area contributed by atoms with Crippen LogP contribution >= 0.6 is 0 Å². The number of hydrogen-bond donors (Lipinski definition) is 2. The third-order valence-corrected chi connectivity index (χ3v) is 3.84. The summed E-state index contributed by atoms with van der Waals surface area (Å²) in [4.78, 5) is 22.9. The van der Waals surface area contributed by atoms with E-state index in [1.807, 2.05) is 0 Å². The lowest BCUT2D eigenvalue weighted by Crippen LogP contribution is -2.16. The Labute approximate surface area is 119 Å². The number of aromatic carboxylic acids is 1. The number of carboxylic acid groups (broad SMARTS) is 1. The van der Waals surface area contributed by atoms with Crippen molar-refractivity contribution in [1.29, 1.82) is 0 Å². The fourth-order valence-electron chi connectivity index (χ4n) is 2.77. The minimum atomic E-state index is -0.982. The molecule has 0 bridgehead atoms. The van der Waals surface area contributed by atoms with Crippen LogP contribution in [0, 0.1) is 5.92 Å². The molecule has 1 aromatic carbocycles. The standard InChI is InChI=1S/C16H21NO3/c18-15(10-12-6-3-1-2-4-7-12)17-14-9-5-8-13(11-14)16(19)20/h5,8-9,11-12H,1-4,6-7,10H2,(H,17,18)(H,19,20). The van der Waals surface area contributed by atoms with Crippen LogP contribution in [-0.2, 0) is 4.79 Å². The van der Waals surface area contributed by atoms with E-state index in [2.05, 4.69) is 5.32 Å². The normalized spacial score (nSPS) is 16.4. The smallest absolute Gasteiger partial charge is 0.335 e. The van der Waals surface area contributed by atoms with Gasteiger partial charge in [0.05, 0.1) is 5.56 Å². The van der Waals surface area contributed by atoms with Crippen LogP contribution in [0.3, 0.4) is 0 Å². The number of hydrogen-bond acceptors (Lipinski definition) is 2. The largest absolute Gasteiger partial charge is 0.478 e. The number of nitrogens with one attached hydrogen (secondary N) is 1. The van der Waals surface area contributed by atoms with Gasteiger partial charge in [0.1, 0.15) is 0 Å². The summed E-state index contributed by atoms with van der Waals surface area (Å²) in [5, 5.41) is 11.7. The van der Waals surface area contributed by atoms with Crippen molar-refractivity contribution in [3.63, 3.8) is 0 Å². The zero-order valence-corrected chi connectivity index (χ0v) is 11.6. The van der Waals surface area contributed by atoms with E-state index in [1.54, 1.807) is 12.1 Å². The molecule has 2 N–H and O–H groups in total. The van der Waals surface area contributed by atoms with Crippen LogP contribution in [0.1, 0.15) is 55.3 Å². The molecule has 2 rings (SSSR count). The number of amides is 1. The van der Waals surface area contributed by atoms with E-state index in [0.29, 0.717) is 18.0 Å². The number of carbonyl (C=O) groups excluding carboxylic acids is 1. The van der Waals surface area contributed by atoms with Gasteiger partial charge in [-0.1, -0.05) is 31.7 Å². The second-order valence-corrected chi connectivity index (χ2v) is 5.50. The fraction of sp³-hybridized carbons (Fsp3) is 0.500. The molecule has 0 atom stereocenters. The quantitative estimate of drug-likeness (QED) is 0.824. The molecule has 1 amide bonds. The minimum absolute atomic E-state index is 0.0144. The van der Waals surface area contributed by atoms with Gasteiger partial charge in [0.2, 0.25) is 5.91 Å². The average Bonchev–Trinajstić information content (AvgIpc) is 2.67. The van der Waals surface area contributed by atoms with Gasteiger partial charge in [-0.3, -0.25) is 4.79 Å². The molecule has 0 radical (unpaired) electrons. The first-order valence-electron chi connectivity index (χ1n) is 7.28. The van der Waals surface area contributed by atoms with Crippen LogP contribution in [0.25, 0.3) is 0 Å². The molecule has 0 spiro atoms. The maximum Gasteiger partial charge on any atom is 0.335 e. The van der Waals surface area contributed by atoms with Crippen LogP contribution in [0.5, 0.6) is 0 Å². The molecule has 0 saturated heterocycles. The van der Waals surface area contributed by atoms with Gasteiger partial charge in [0, 0.05) is 12.1 Å². The highest BCUT2D eigenvalue weighted by Crippen LogP contribution is 2.25. The van der Waals surface area contributed by atoms with Crippen LogP contribution in [0.15, 0.2) is 24.3 Å². The Morgan fingerprint density at radius 1 is 1.15 bits per heavy atom. The molecule has 0 aromatic heterocycles. The van der Waals surface area contributed by atoms with Crippen molar-refractivity contribution in [2.45, 2.75) is 44.9 Å². The third-order valence-electron chi connectivity index (χ3n) is 3.84. The number of carbonyl (C=O) groups is 2. The minimum Gasteiger partial charge on any atom is -0.478 e. The lowest BCUT2D eigenvalue weighted by molar-refractivity contribution is -0.117. The number of benzene rings is 1. The second-order valence-electron chi connectivity index (χ2n) is 5.50. The van der Waals surface area contributed by atoms with Crippen molar-refractivity contribution >= 4 is 17.6 Å². The zero-order chi connectivity index (χ0) is 14.4. The highest BCUT2D eigenvalue weighted by atomic mass is 16.4. The van der Waals surface area contributed by atoms with E-state index in [1.165, 1.54) is 37.8 Å². The van der Waals surface area contributed by atoms with Crippen LogP contribution in [0.2, 0.25) is 0 Å². The molecule has 0 unspecified atom stereocenters. The lowest BCUT2D eigenvalue weighted by Gasteiger charge is -2.13. The molecule has 1 aliphatic carbocycles. The molecule has 4 heteroatoms. The van der Waals surface area contributed by atoms with Gasteiger partial charge in [0.25, 0.3) is 0 Å². The Morgan fingerprint density at radius 2 is 1.85 bits per heavy atom. The third kappa shape index (κ3) is 4.37. The lowest BCUT2D eigenvalue weighted by atomic mass is 9.96. The van der Waals surface area contributed by atoms with Gasteiger partial charge in [-0.2, -0.15) is 0 Å². The van der Waals surface area contributed by atoms with Crippen molar-refractivity contribution in [3.8, 4) is 0 Å². The number of carboxylic acids is 1. The summed E-state index contributed by atoms with van der Waals surface area (Å²) in [5.74, 6) is -0.524. The van der Waals surface area contributed by atoms with Gasteiger partial charge >= 0.3 is 5.97 Å². The molecule has 0 aliphatic heterocycles. The predicted octanol–water partition coefficient (Wildman–Crippen LogP) is 3.68. The first-order valence-corrected chi connectivity index (χ1v) is 7.28. The number of anilines is 1. The summed E-state index contributed by atoms with van der Waals surface area (Å²) in [6.45, 7) is 0. The molecule has 1 aromatic rings. The van der Waals surface area contributed by atoms with E-state index in [-0.39, 0.29) is 11.5 Å². The number of rotatable bonds is 4. The van der Waals surface area contributed by atoms with Crippen molar-refractivity contribution in [2.75, 3.05) is 5.32 Å². The Balaban J connectivity index is 1.90. The maximum atomic E-state index is 12.0. The summed E-state index contributed by atoms with van der Waals surface area (Å²) in [5.41, 5.74) is 0.751. The SMILES string of the molecule is O=C(CC1CCCCCC1)Nc1cccc(C(=O)O)c1. The van der Waals surface area contributed by atoms with Crippen molar-refractivity contribution in [1.82, 2.24) is 0 Å². The first-order chi connectivity index (χ1) is 9.65. The molecule has 0 heterocycles. The maximum absolute atomic E-state index is 12.0. The van der Waals surface area contributed by atoms with Gasteiger partial charge in [-0.05, 0) is 37.0 Å². The molecular weight excluding hydrogens is 254 g/mol. The van der Waals surface area contributed by atoms with Gasteiger partial charge < -0.3 is 10.4 Å². The van der Waals surface area contributed by atoms with Crippen LogP contribution in [0.4, 0.5) is 5.69 Å². The second kappa shape index (κ2) is 7.08.